The van der Waals surface area contributed by atoms with E-state index in [1.165, 1.54) is 27.1 Å². The summed E-state index contributed by atoms with van der Waals surface area (Å²) in [5, 5.41) is 5.93. The van der Waals surface area contributed by atoms with Gasteiger partial charge in [0.1, 0.15) is 47.4 Å². The van der Waals surface area contributed by atoms with Crippen LogP contribution in [0.25, 0.3) is 0 Å². The zero-order valence-corrected chi connectivity index (χ0v) is 18.1. The highest BCUT2D eigenvalue weighted by Gasteiger charge is 2.60. The highest BCUT2D eigenvalue weighted by atomic mass is 31.2. The van der Waals surface area contributed by atoms with E-state index in [2.05, 4.69) is 133 Å². The Hall–Kier alpha value is -2.52. The third kappa shape index (κ3) is 3.18. The molecule has 1 heterocycles. The summed E-state index contributed by atoms with van der Waals surface area (Å²) in [7, 11) is -3.27. The standard InChI is InChI=1S/C27H24P2/c1-5-13-24(14-6-1)28(25-15-7-2-8-16-25)21-22-29(23-28,26-17-9-3-10-18-26)27-19-11-4-12-20-27/h1-22H,23H2/q+2. The summed E-state index contributed by atoms with van der Waals surface area (Å²) in [6, 6.07) is 44.7. The average molecular weight is 410 g/mol. The Morgan fingerprint density at radius 1 is 0.345 bits per heavy atom. The molecule has 0 nitrogen and oxygen atoms in total. The Balaban J connectivity index is 1.74. The highest BCUT2D eigenvalue weighted by Crippen LogP contribution is 2.79. The van der Waals surface area contributed by atoms with E-state index < -0.39 is 14.5 Å². The van der Waals surface area contributed by atoms with E-state index in [1.807, 2.05) is 0 Å². The molecule has 140 valence electrons. The molecule has 0 aliphatic carbocycles. The lowest BCUT2D eigenvalue weighted by Crippen LogP contribution is -2.27. The minimum atomic E-state index is -1.64. The summed E-state index contributed by atoms with van der Waals surface area (Å²) < 4.78 is 0. The second kappa shape index (κ2) is 7.72. The van der Waals surface area contributed by atoms with Crippen LogP contribution in [0, 0.1) is 0 Å². The second-order valence-corrected chi connectivity index (χ2v) is 14.8. The van der Waals surface area contributed by atoms with Crippen molar-refractivity contribution >= 4 is 35.7 Å². The summed E-state index contributed by atoms with van der Waals surface area (Å²) in [6.45, 7) is 0. The lowest BCUT2D eigenvalue weighted by Gasteiger charge is -2.24. The van der Waals surface area contributed by atoms with Crippen LogP contribution in [0.3, 0.4) is 0 Å². The first kappa shape index (κ1) is 18.5. The fraction of sp³-hybridized carbons (Fsp3) is 0.0370. The molecule has 2 heteroatoms. The zero-order valence-electron chi connectivity index (χ0n) is 16.3. The van der Waals surface area contributed by atoms with E-state index in [4.69, 9.17) is 0 Å². The van der Waals surface area contributed by atoms with Gasteiger partial charge in [-0.1, -0.05) is 72.8 Å². The lowest BCUT2D eigenvalue weighted by atomic mass is 10.4. The molecule has 0 bridgehead atoms. The van der Waals surface area contributed by atoms with E-state index in [1.54, 1.807) is 0 Å². The lowest BCUT2D eigenvalue weighted by molar-refractivity contribution is 1.72. The summed E-state index contributed by atoms with van der Waals surface area (Å²) in [5.74, 6) is 6.40. The molecule has 4 aromatic rings. The fourth-order valence-electron chi connectivity index (χ4n) is 4.42. The number of benzene rings is 4. The summed E-state index contributed by atoms with van der Waals surface area (Å²) in [5.41, 5.74) is 0. The van der Waals surface area contributed by atoms with Gasteiger partial charge in [0.2, 0.25) is 0 Å². The molecule has 0 atom stereocenters. The normalized spacial score (nSPS) is 16.6. The maximum Gasteiger partial charge on any atom is 0.187 e. The van der Waals surface area contributed by atoms with Crippen LogP contribution in [0.1, 0.15) is 0 Å². The highest BCUT2D eigenvalue weighted by molar-refractivity contribution is 8.09. The monoisotopic (exact) mass is 410 g/mol. The molecule has 0 unspecified atom stereocenters. The molecule has 0 radical (unpaired) electrons. The fourth-order valence-corrected chi connectivity index (χ4v) is 16.5. The van der Waals surface area contributed by atoms with Crippen molar-refractivity contribution in [3.05, 3.63) is 133 Å². The van der Waals surface area contributed by atoms with Crippen LogP contribution in [0.2, 0.25) is 0 Å². The molecule has 0 amide bonds. The quantitative estimate of drug-likeness (QED) is 0.375. The molecule has 5 rings (SSSR count). The molecule has 0 aromatic heterocycles. The van der Waals surface area contributed by atoms with Crippen LogP contribution in [-0.4, -0.2) is 5.90 Å². The van der Waals surface area contributed by atoms with Crippen molar-refractivity contribution in [1.29, 1.82) is 0 Å². The molecule has 0 saturated carbocycles. The van der Waals surface area contributed by atoms with Gasteiger partial charge in [0, 0.05) is 0 Å². The van der Waals surface area contributed by atoms with Gasteiger partial charge in [-0.15, -0.1) is 0 Å². The molecule has 0 N–H and O–H groups in total. The minimum Gasteiger partial charge on any atom is -0.0620 e. The van der Waals surface area contributed by atoms with Crippen LogP contribution < -0.4 is 21.2 Å². The van der Waals surface area contributed by atoms with Gasteiger partial charge in [-0.05, 0) is 48.5 Å². The van der Waals surface area contributed by atoms with E-state index in [0.717, 1.165) is 0 Å². The average Bonchev–Trinajstić information content (AvgIpc) is 3.25. The van der Waals surface area contributed by atoms with Gasteiger partial charge in [-0.3, -0.25) is 0 Å². The van der Waals surface area contributed by atoms with Crippen LogP contribution >= 0.6 is 14.5 Å². The first-order valence-corrected chi connectivity index (χ1v) is 14.1. The van der Waals surface area contributed by atoms with Crippen molar-refractivity contribution in [3.8, 4) is 0 Å². The molecular formula is C27H24P2+2. The van der Waals surface area contributed by atoms with Crippen molar-refractivity contribution in [2.24, 2.45) is 0 Å². The second-order valence-electron chi connectivity index (χ2n) is 7.52. The zero-order chi connectivity index (χ0) is 19.6. The van der Waals surface area contributed by atoms with Crippen molar-refractivity contribution in [2.75, 3.05) is 5.90 Å². The molecule has 1 aliphatic heterocycles. The van der Waals surface area contributed by atoms with Gasteiger partial charge in [-0.2, -0.15) is 0 Å². The van der Waals surface area contributed by atoms with E-state index in [-0.39, 0.29) is 0 Å². The maximum absolute atomic E-state index is 2.60. The molecule has 1 aliphatic rings. The molecule has 0 spiro atoms. The van der Waals surface area contributed by atoms with E-state index in [9.17, 15) is 0 Å². The van der Waals surface area contributed by atoms with Gasteiger partial charge in [0.25, 0.3) is 0 Å². The molecule has 29 heavy (non-hydrogen) atoms. The number of hydrogen-bond donors (Lipinski definition) is 0. The van der Waals surface area contributed by atoms with Crippen molar-refractivity contribution in [2.45, 2.75) is 0 Å². The van der Waals surface area contributed by atoms with Gasteiger partial charge >= 0.3 is 0 Å². The Labute approximate surface area is 174 Å². The van der Waals surface area contributed by atoms with Gasteiger partial charge in [-0.25, -0.2) is 0 Å². The van der Waals surface area contributed by atoms with Crippen LogP contribution in [0.5, 0.6) is 0 Å². The third-order valence-electron chi connectivity index (χ3n) is 5.89. The minimum absolute atomic E-state index is 1.20. The van der Waals surface area contributed by atoms with E-state index >= 15 is 0 Å². The topological polar surface area (TPSA) is 0 Å². The van der Waals surface area contributed by atoms with Crippen LogP contribution in [0.4, 0.5) is 0 Å². The van der Waals surface area contributed by atoms with E-state index in [0.29, 0.717) is 0 Å². The third-order valence-corrected chi connectivity index (χ3v) is 15.9. The molecule has 4 aromatic carbocycles. The Morgan fingerprint density at radius 2 is 0.586 bits per heavy atom. The van der Waals surface area contributed by atoms with Crippen molar-refractivity contribution in [3.63, 3.8) is 0 Å². The number of hydrogen-bond acceptors (Lipinski definition) is 0. The molecular weight excluding hydrogens is 386 g/mol. The van der Waals surface area contributed by atoms with Gasteiger partial charge in [0.15, 0.2) is 5.90 Å². The summed E-state index contributed by atoms with van der Waals surface area (Å²) in [6.07, 6.45) is 0. The first-order chi connectivity index (χ1) is 14.3. The Morgan fingerprint density at radius 3 is 0.828 bits per heavy atom. The van der Waals surface area contributed by atoms with Crippen LogP contribution in [-0.2, 0) is 0 Å². The molecule has 0 saturated heterocycles. The van der Waals surface area contributed by atoms with Gasteiger partial charge in [0.05, 0.1) is 0 Å². The number of rotatable bonds is 4. The predicted molar refractivity (Wildman–Crippen MR) is 132 cm³/mol. The first-order valence-electron chi connectivity index (χ1n) is 10.0. The Kier molecular flexibility index (Phi) is 4.92. The summed E-state index contributed by atoms with van der Waals surface area (Å²) >= 11 is 0. The van der Waals surface area contributed by atoms with Crippen molar-refractivity contribution in [1.82, 2.24) is 0 Å². The van der Waals surface area contributed by atoms with Crippen LogP contribution in [0.15, 0.2) is 133 Å². The van der Waals surface area contributed by atoms with Crippen molar-refractivity contribution < 1.29 is 0 Å². The largest absolute Gasteiger partial charge is 0.187 e. The smallest absolute Gasteiger partial charge is 0.0620 e. The predicted octanol–water partition coefficient (Wildman–Crippen LogP) is 5.77. The summed E-state index contributed by atoms with van der Waals surface area (Å²) in [4.78, 5) is 0. The molecule has 0 fully saturated rings. The maximum atomic E-state index is 2.60. The SMILES string of the molecule is C1=C[P+](c2ccccc2)(c2ccccc2)C[P+]1(c1ccccc1)c1ccccc1. The van der Waals surface area contributed by atoms with Gasteiger partial charge < -0.3 is 0 Å². The Bertz CT molecular complexity index is 934.